The maximum Gasteiger partial charge on any atom is 0.269 e. The number of halogens is 3. The molecule has 13 heteroatoms. The lowest BCUT2D eigenvalue weighted by molar-refractivity contribution is -0.123. The molecule has 5 rings (SSSR count). The minimum atomic E-state index is -1.49. The third-order valence-electron chi connectivity index (χ3n) is 6.11. The second kappa shape index (κ2) is 12.1. The molecule has 3 aromatic rings. The van der Waals surface area contributed by atoms with Gasteiger partial charge in [0.1, 0.15) is 17.1 Å². The number of benzene rings is 2. The summed E-state index contributed by atoms with van der Waals surface area (Å²) in [6, 6.07) is 11.0. The summed E-state index contributed by atoms with van der Waals surface area (Å²) in [6.07, 6.45) is 1.14. The van der Waals surface area contributed by atoms with E-state index < -0.39 is 36.3 Å². The van der Waals surface area contributed by atoms with Crippen molar-refractivity contribution in [2.24, 2.45) is 4.99 Å². The Morgan fingerprint density at radius 3 is 2.66 bits per heavy atom. The monoisotopic (exact) mass is 599 g/mol. The number of fused-ring (bicyclic) bond motifs is 1. The highest BCUT2D eigenvalue weighted by Crippen LogP contribution is 2.36. The fourth-order valence-corrected chi connectivity index (χ4v) is 4.70. The second-order valence-electron chi connectivity index (χ2n) is 9.22. The van der Waals surface area contributed by atoms with Crippen LogP contribution in [-0.4, -0.2) is 53.8 Å². The predicted octanol–water partition coefficient (Wildman–Crippen LogP) is 4.13. The van der Waals surface area contributed by atoms with Crippen molar-refractivity contribution in [2.75, 3.05) is 18.5 Å². The summed E-state index contributed by atoms with van der Waals surface area (Å²) in [5, 5.41) is 8.55. The number of carbonyl (C=O) groups excluding carboxylic acids is 3. The van der Waals surface area contributed by atoms with Gasteiger partial charge in [0.2, 0.25) is 12.0 Å². The van der Waals surface area contributed by atoms with E-state index in [1.54, 1.807) is 37.3 Å². The SMILES string of the molecule is CCOc1cc(Cl)cc(Cl)c1C1=NC(NC(=O)c2cc(F)cnc2OCC(=O)NC2CC2)C(=O)Nc2ccccc21. The summed E-state index contributed by atoms with van der Waals surface area (Å²) in [7, 11) is 0. The van der Waals surface area contributed by atoms with E-state index in [4.69, 9.17) is 32.7 Å². The Bertz CT molecular complexity index is 1560. The smallest absolute Gasteiger partial charge is 0.269 e. The van der Waals surface area contributed by atoms with Crippen LogP contribution in [0, 0.1) is 5.82 Å². The van der Waals surface area contributed by atoms with Crippen LogP contribution in [0.4, 0.5) is 10.1 Å². The molecule has 1 saturated carbocycles. The van der Waals surface area contributed by atoms with Gasteiger partial charge in [-0.15, -0.1) is 0 Å². The Morgan fingerprint density at radius 2 is 1.90 bits per heavy atom. The van der Waals surface area contributed by atoms with Crippen LogP contribution in [-0.2, 0) is 9.59 Å². The molecule has 3 N–H and O–H groups in total. The van der Waals surface area contributed by atoms with E-state index in [9.17, 15) is 18.8 Å². The van der Waals surface area contributed by atoms with Crippen LogP contribution in [0.5, 0.6) is 11.6 Å². The molecule has 1 unspecified atom stereocenters. The molecule has 41 heavy (non-hydrogen) atoms. The zero-order chi connectivity index (χ0) is 29.1. The van der Waals surface area contributed by atoms with E-state index in [2.05, 4.69) is 25.9 Å². The highest BCUT2D eigenvalue weighted by atomic mass is 35.5. The summed E-state index contributed by atoms with van der Waals surface area (Å²) in [4.78, 5) is 47.1. The van der Waals surface area contributed by atoms with Gasteiger partial charge in [-0.25, -0.2) is 14.4 Å². The van der Waals surface area contributed by atoms with Gasteiger partial charge in [-0.05, 0) is 44.0 Å². The molecule has 1 aliphatic carbocycles. The summed E-state index contributed by atoms with van der Waals surface area (Å²) in [5.41, 5.74) is 1.22. The first-order valence-electron chi connectivity index (χ1n) is 12.7. The van der Waals surface area contributed by atoms with Gasteiger partial charge in [0.15, 0.2) is 6.61 Å². The molecule has 0 saturated heterocycles. The Hall–Kier alpha value is -4.22. The minimum absolute atomic E-state index is 0.109. The molecule has 2 aromatic carbocycles. The zero-order valence-electron chi connectivity index (χ0n) is 21.7. The molecule has 3 amide bonds. The molecule has 1 fully saturated rings. The Labute approximate surface area is 244 Å². The molecule has 2 heterocycles. The average molecular weight is 600 g/mol. The van der Waals surface area contributed by atoms with Crippen LogP contribution in [0.1, 0.15) is 41.3 Å². The van der Waals surface area contributed by atoms with Crippen molar-refractivity contribution in [3.63, 3.8) is 0 Å². The van der Waals surface area contributed by atoms with Crippen LogP contribution in [0.3, 0.4) is 0 Å². The van der Waals surface area contributed by atoms with Gasteiger partial charge in [-0.3, -0.25) is 14.4 Å². The lowest BCUT2D eigenvalue weighted by Crippen LogP contribution is -2.42. The van der Waals surface area contributed by atoms with Gasteiger partial charge in [0.05, 0.1) is 34.8 Å². The number of aromatic nitrogens is 1. The lowest BCUT2D eigenvalue weighted by atomic mass is 9.99. The maximum absolute atomic E-state index is 14.1. The van der Waals surface area contributed by atoms with E-state index in [0.717, 1.165) is 25.1 Å². The molecular formula is C28H24Cl2FN5O5. The normalized spacial score (nSPS) is 16.0. The number of hydrogen-bond donors (Lipinski definition) is 3. The molecule has 1 aromatic heterocycles. The van der Waals surface area contributed by atoms with Crippen molar-refractivity contribution in [1.82, 2.24) is 15.6 Å². The number of pyridine rings is 1. The summed E-state index contributed by atoms with van der Waals surface area (Å²) in [5.74, 6) is -2.75. The third-order valence-corrected chi connectivity index (χ3v) is 6.63. The van der Waals surface area contributed by atoms with E-state index in [0.29, 0.717) is 34.2 Å². The summed E-state index contributed by atoms with van der Waals surface area (Å²) >= 11 is 12.8. The minimum Gasteiger partial charge on any atom is -0.493 e. The number of hydrogen-bond acceptors (Lipinski definition) is 7. The molecule has 10 nitrogen and oxygen atoms in total. The number of amides is 3. The highest BCUT2D eigenvalue weighted by Gasteiger charge is 2.31. The highest BCUT2D eigenvalue weighted by molar-refractivity contribution is 6.39. The van der Waals surface area contributed by atoms with Crippen molar-refractivity contribution in [3.8, 4) is 11.6 Å². The van der Waals surface area contributed by atoms with Crippen LogP contribution >= 0.6 is 23.2 Å². The topological polar surface area (TPSA) is 131 Å². The van der Waals surface area contributed by atoms with Crippen molar-refractivity contribution < 1.29 is 28.2 Å². The van der Waals surface area contributed by atoms with Gasteiger partial charge in [0.25, 0.3) is 17.7 Å². The molecule has 1 aliphatic heterocycles. The van der Waals surface area contributed by atoms with Crippen molar-refractivity contribution in [1.29, 1.82) is 0 Å². The molecule has 0 bridgehead atoms. The first kappa shape index (κ1) is 28.3. The van der Waals surface area contributed by atoms with E-state index in [1.807, 2.05) is 0 Å². The quantitative estimate of drug-likeness (QED) is 0.339. The van der Waals surface area contributed by atoms with E-state index >= 15 is 0 Å². The van der Waals surface area contributed by atoms with Gasteiger partial charge < -0.3 is 25.4 Å². The van der Waals surface area contributed by atoms with Gasteiger partial charge in [0, 0.05) is 16.6 Å². The van der Waals surface area contributed by atoms with Gasteiger partial charge in [-0.1, -0.05) is 41.4 Å². The number of nitrogens with one attached hydrogen (secondary N) is 3. The van der Waals surface area contributed by atoms with E-state index in [-0.39, 0.29) is 28.2 Å². The number of ether oxygens (including phenoxy) is 2. The Balaban J connectivity index is 1.49. The van der Waals surface area contributed by atoms with E-state index in [1.165, 1.54) is 6.07 Å². The van der Waals surface area contributed by atoms with Crippen LogP contribution in [0.15, 0.2) is 53.7 Å². The number of rotatable bonds is 9. The first-order valence-corrected chi connectivity index (χ1v) is 13.5. The van der Waals surface area contributed by atoms with Crippen molar-refractivity contribution in [3.05, 3.63) is 81.2 Å². The number of aliphatic imine (C=N–C) groups is 1. The van der Waals surface area contributed by atoms with Crippen molar-refractivity contribution in [2.45, 2.75) is 32.0 Å². The predicted molar refractivity (Wildman–Crippen MR) is 150 cm³/mol. The number of para-hydroxylation sites is 1. The fraction of sp³-hybridized carbons (Fsp3) is 0.250. The van der Waals surface area contributed by atoms with Crippen LogP contribution in [0.2, 0.25) is 10.0 Å². The van der Waals surface area contributed by atoms with Gasteiger partial charge in [-0.2, -0.15) is 0 Å². The Morgan fingerprint density at radius 1 is 1.12 bits per heavy atom. The van der Waals surface area contributed by atoms with Gasteiger partial charge >= 0.3 is 0 Å². The number of nitrogens with zero attached hydrogens (tertiary/aromatic N) is 2. The first-order chi connectivity index (χ1) is 19.7. The lowest BCUT2D eigenvalue weighted by Gasteiger charge is -2.17. The Kier molecular flexibility index (Phi) is 8.36. The fourth-order valence-electron chi connectivity index (χ4n) is 4.14. The van der Waals surface area contributed by atoms with Crippen molar-refractivity contribution >= 4 is 52.3 Å². The molecule has 0 radical (unpaired) electrons. The number of carbonyl (C=O) groups is 3. The zero-order valence-corrected chi connectivity index (χ0v) is 23.2. The van der Waals surface area contributed by atoms with Crippen LogP contribution < -0.4 is 25.4 Å². The molecule has 212 valence electrons. The molecule has 0 spiro atoms. The molecule has 2 aliphatic rings. The molecule has 1 atom stereocenters. The largest absolute Gasteiger partial charge is 0.493 e. The number of anilines is 1. The standard InChI is InChI=1S/C28H24Cl2FN5O5/c1-2-40-21-10-14(29)9-19(30)23(21)24-17-5-3-4-6-20(17)34-27(39)25(35-24)36-26(38)18-11-15(31)12-32-28(18)41-13-22(37)33-16-7-8-16/h3-6,9-12,16,25H,2,7-8,13H2,1H3,(H,33,37)(H,34,39)(H,36,38). The third kappa shape index (κ3) is 6.58. The number of benzodiazepines with no additional fused rings is 1. The second-order valence-corrected chi connectivity index (χ2v) is 10.1. The average Bonchev–Trinajstić information content (AvgIpc) is 3.76. The maximum atomic E-state index is 14.1. The van der Waals surface area contributed by atoms with Crippen LogP contribution in [0.25, 0.3) is 0 Å². The summed E-state index contributed by atoms with van der Waals surface area (Å²) in [6.45, 7) is 1.66. The summed E-state index contributed by atoms with van der Waals surface area (Å²) < 4.78 is 25.3. The molecular weight excluding hydrogens is 576 g/mol.